The molecule has 1 aromatic rings. The molecule has 0 bridgehead atoms. The van der Waals surface area contributed by atoms with Crippen LogP contribution in [0.25, 0.3) is 0 Å². The van der Waals surface area contributed by atoms with Crippen LogP contribution in [0.15, 0.2) is 22.7 Å². The summed E-state index contributed by atoms with van der Waals surface area (Å²) in [5.74, 6) is 0.392. The van der Waals surface area contributed by atoms with Crippen molar-refractivity contribution in [2.75, 3.05) is 53.4 Å². The molecule has 1 aliphatic heterocycles. The zero-order valence-electron chi connectivity index (χ0n) is 12.3. The Morgan fingerprint density at radius 1 is 1.15 bits per heavy atom. The Hall–Kier alpha value is -0.620. The first-order chi connectivity index (χ1) is 9.54. The van der Waals surface area contributed by atoms with Gasteiger partial charge in [0, 0.05) is 55.8 Å². The molecule has 20 heavy (non-hydrogen) atoms. The topological polar surface area (TPSA) is 30.0 Å². The van der Waals surface area contributed by atoms with Crippen LogP contribution in [0.5, 0.6) is 5.75 Å². The second-order valence-electron chi connectivity index (χ2n) is 5.69. The molecule has 0 saturated carbocycles. The Morgan fingerprint density at radius 3 is 2.45 bits per heavy atom. The molecule has 1 saturated heterocycles. The van der Waals surface area contributed by atoms with Crippen molar-refractivity contribution in [1.29, 1.82) is 0 Å². The molecular weight excluding hydrogens is 318 g/mol. The molecular formula is C15H24BrN3O. The van der Waals surface area contributed by atoms with E-state index >= 15 is 0 Å². The van der Waals surface area contributed by atoms with E-state index in [0.717, 1.165) is 55.8 Å². The van der Waals surface area contributed by atoms with E-state index in [-0.39, 0.29) is 0 Å². The monoisotopic (exact) mass is 341 g/mol. The van der Waals surface area contributed by atoms with Crippen LogP contribution in [-0.2, 0) is 6.54 Å². The molecule has 112 valence electrons. The first-order valence-electron chi connectivity index (χ1n) is 7.11. The normalized spacial score (nSPS) is 17.8. The van der Waals surface area contributed by atoms with E-state index < -0.39 is 0 Å². The van der Waals surface area contributed by atoms with Gasteiger partial charge >= 0.3 is 0 Å². The summed E-state index contributed by atoms with van der Waals surface area (Å²) in [6, 6.07) is 5.64. The van der Waals surface area contributed by atoms with Gasteiger partial charge < -0.3 is 10.0 Å². The van der Waals surface area contributed by atoms with Crippen molar-refractivity contribution >= 4 is 15.9 Å². The molecule has 5 heteroatoms. The Balaban J connectivity index is 1.81. The minimum atomic E-state index is 0.392. The van der Waals surface area contributed by atoms with Crippen LogP contribution in [0.4, 0.5) is 0 Å². The van der Waals surface area contributed by atoms with Crippen LogP contribution in [0.3, 0.4) is 0 Å². The Morgan fingerprint density at radius 2 is 1.80 bits per heavy atom. The standard InChI is InChI=1S/C15H24BrN3O/c1-17(2)5-6-18-7-9-19(10-8-18)12-13-11-14(16)3-4-15(13)20/h3-4,11,20H,5-10,12H2,1-2H3. The molecule has 1 aliphatic rings. The first kappa shape index (κ1) is 15.8. The van der Waals surface area contributed by atoms with E-state index in [9.17, 15) is 5.11 Å². The van der Waals surface area contributed by atoms with Gasteiger partial charge in [-0.05, 0) is 32.3 Å². The number of nitrogens with zero attached hydrogens (tertiary/aromatic N) is 3. The Labute approximate surface area is 130 Å². The van der Waals surface area contributed by atoms with Gasteiger partial charge in [-0.25, -0.2) is 0 Å². The average Bonchev–Trinajstić information content (AvgIpc) is 2.42. The number of hydrogen-bond acceptors (Lipinski definition) is 4. The number of benzene rings is 1. The fraction of sp³-hybridized carbons (Fsp3) is 0.600. The Kier molecular flexibility index (Phi) is 5.84. The summed E-state index contributed by atoms with van der Waals surface area (Å²) in [5.41, 5.74) is 1.00. The maximum Gasteiger partial charge on any atom is 0.120 e. The minimum absolute atomic E-state index is 0.392. The number of likely N-dealkylation sites (N-methyl/N-ethyl adjacent to an activating group) is 1. The maximum atomic E-state index is 9.90. The highest BCUT2D eigenvalue weighted by Gasteiger charge is 2.17. The number of rotatable bonds is 5. The SMILES string of the molecule is CN(C)CCN1CCN(Cc2cc(Br)ccc2O)CC1. The lowest BCUT2D eigenvalue weighted by Gasteiger charge is -2.35. The van der Waals surface area contributed by atoms with E-state index in [0.29, 0.717) is 5.75 Å². The van der Waals surface area contributed by atoms with Crippen LogP contribution in [0, 0.1) is 0 Å². The zero-order valence-corrected chi connectivity index (χ0v) is 13.9. The fourth-order valence-corrected chi connectivity index (χ4v) is 2.84. The largest absolute Gasteiger partial charge is 0.508 e. The van der Waals surface area contributed by atoms with E-state index in [4.69, 9.17) is 0 Å². The molecule has 0 aliphatic carbocycles. The van der Waals surface area contributed by atoms with Crippen molar-refractivity contribution in [1.82, 2.24) is 14.7 Å². The molecule has 2 rings (SSSR count). The third-order valence-electron chi connectivity index (χ3n) is 3.76. The average molecular weight is 342 g/mol. The van der Waals surface area contributed by atoms with Crippen molar-refractivity contribution in [3.8, 4) is 5.75 Å². The van der Waals surface area contributed by atoms with Crippen LogP contribution >= 0.6 is 15.9 Å². The quantitative estimate of drug-likeness (QED) is 0.884. The van der Waals surface area contributed by atoms with Crippen molar-refractivity contribution in [2.45, 2.75) is 6.54 Å². The third kappa shape index (κ3) is 4.74. The van der Waals surface area contributed by atoms with Crippen LogP contribution < -0.4 is 0 Å². The van der Waals surface area contributed by atoms with Gasteiger partial charge in [0.05, 0.1) is 0 Å². The molecule has 0 spiro atoms. The summed E-state index contributed by atoms with van der Waals surface area (Å²) < 4.78 is 1.02. The number of phenols is 1. The minimum Gasteiger partial charge on any atom is -0.508 e. The van der Waals surface area contributed by atoms with E-state index in [1.54, 1.807) is 6.07 Å². The molecule has 0 radical (unpaired) electrons. The van der Waals surface area contributed by atoms with Crippen molar-refractivity contribution in [2.24, 2.45) is 0 Å². The number of phenolic OH excluding ortho intramolecular Hbond substituents is 1. The van der Waals surface area contributed by atoms with Crippen LogP contribution in [-0.4, -0.2) is 73.2 Å². The van der Waals surface area contributed by atoms with Gasteiger partial charge in [-0.15, -0.1) is 0 Å². The predicted molar refractivity (Wildman–Crippen MR) is 86.1 cm³/mol. The smallest absolute Gasteiger partial charge is 0.120 e. The summed E-state index contributed by atoms with van der Waals surface area (Å²) in [4.78, 5) is 7.15. The summed E-state index contributed by atoms with van der Waals surface area (Å²) in [6.45, 7) is 7.45. The molecule has 1 aromatic carbocycles. The molecule has 1 heterocycles. The molecule has 1 N–H and O–H groups in total. The molecule has 0 unspecified atom stereocenters. The highest BCUT2D eigenvalue weighted by atomic mass is 79.9. The van der Waals surface area contributed by atoms with Crippen molar-refractivity contribution in [3.05, 3.63) is 28.2 Å². The van der Waals surface area contributed by atoms with E-state index in [2.05, 4.69) is 44.7 Å². The molecule has 0 amide bonds. The van der Waals surface area contributed by atoms with Gasteiger partial charge in [-0.2, -0.15) is 0 Å². The molecule has 1 fully saturated rings. The maximum absolute atomic E-state index is 9.90. The number of hydrogen-bond donors (Lipinski definition) is 1. The zero-order chi connectivity index (χ0) is 14.5. The van der Waals surface area contributed by atoms with Crippen molar-refractivity contribution in [3.63, 3.8) is 0 Å². The fourth-order valence-electron chi connectivity index (χ4n) is 2.43. The summed E-state index contributed by atoms with van der Waals surface area (Å²) in [5, 5.41) is 9.90. The van der Waals surface area contributed by atoms with Gasteiger partial charge in [0.2, 0.25) is 0 Å². The van der Waals surface area contributed by atoms with Crippen LogP contribution in [0.2, 0.25) is 0 Å². The summed E-state index contributed by atoms with van der Waals surface area (Å²) >= 11 is 3.46. The predicted octanol–water partition coefficient (Wildman–Crippen LogP) is 1.83. The van der Waals surface area contributed by atoms with E-state index in [1.165, 1.54) is 0 Å². The summed E-state index contributed by atoms with van der Waals surface area (Å²) in [6.07, 6.45) is 0. The number of halogens is 1. The molecule has 0 aromatic heterocycles. The highest BCUT2D eigenvalue weighted by molar-refractivity contribution is 9.10. The first-order valence-corrected chi connectivity index (χ1v) is 7.91. The van der Waals surface area contributed by atoms with Gasteiger partial charge in [0.25, 0.3) is 0 Å². The van der Waals surface area contributed by atoms with Crippen LogP contribution in [0.1, 0.15) is 5.56 Å². The lowest BCUT2D eigenvalue weighted by atomic mass is 10.1. The molecule has 0 atom stereocenters. The Bertz CT molecular complexity index is 431. The third-order valence-corrected chi connectivity index (χ3v) is 4.26. The number of piperazine rings is 1. The van der Waals surface area contributed by atoms with Gasteiger partial charge in [-0.3, -0.25) is 9.80 Å². The lowest BCUT2D eigenvalue weighted by Crippen LogP contribution is -2.47. The lowest BCUT2D eigenvalue weighted by molar-refractivity contribution is 0.120. The highest BCUT2D eigenvalue weighted by Crippen LogP contribution is 2.23. The van der Waals surface area contributed by atoms with Gasteiger partial charge in [-0.1, -0.05) is 15.9 Å². The second kappa shape index (κ2) is 7.41. The molecule has 4 nitrogen and oxygen atoms in total. The van der Waals surface area contributed by atoms with Gasteiger partial charge in [0.15, 0.2) is 0 Å². The van der Waals surface area contributed by atoms with Crippen molar-refractivity contribution < 1.29 is 5.11 Å². The van der Waals surface area contributed by atoms with E-state index in [1.807, 2.05) is 12.1 Å². The van der Waals surface area contributed by atoms with Gasteiger partial charge in [0.1, 0.15) is 5.75 Å². The second-order valence-corrected chi connectivity index (χ2v) is 6.61. The number of aromatic hydroxyl groups is 1. The summed E-state index contributed by atoms with van der Waals surface area (Å²) in [7, 11) is 4.23.